The minimum Gasteiger partial charge on any atom is -0.334 e. The summed E-state index contributed by atoms with van der Waals surface area (Å²) in [6.45, 7) is 7.98. The largest absolute Gasteiger partial charge is 0.334 e. The fraction of sp³-hybridized carbons (Fsp3) is 0.300. The van der Waals surface area contributed by atoms with Gasteiger partial charge in [-0.1, -0.05) is 54.9 Å². The summed E-state index contributed by atoms with van der Waals surface area (Å²) in [7, 11) is 0. The molecule has 3 atom stereocenters. The Bertz CT molecular complexity index is 1600. The first-order valence-electron chi connectivity index (χ1n) is 12.6. The molecule has 7 nitrogen and oxygen atoms in total. The van der Waals surface area contributed by atoms with Crippen LogP contribution in [0.25, 0.3) is 28.4 Å². The fourth-order valence-electron chi connectivity index (χ4n) is 6.14. The van der Waals surface area contributed by atoms with Gasteiger partial charge in [0.05, 0.1) is 22.6 Å². The van der Waals surface area contributed by atoms with E-state index in [9.17, 15) is 10.1 Å². The maximum atomic E-state index is 12.9. The van der Waals surface area contributed by atoms with Gasteiger partial charge in [0.25, 0.3) is 5.89 Å². The minimum absolute atomic E-state index is 0.0579. The van der Waals surface area contributed by atoms with Crippen molar-refractivity contribution >= 4 is 5.78 Å². The van der Waals surface area contributed by atoms with Gasteiger partial charge in [0.1, 0.15) is 6.07 Å². The summed E-state index contributed by atoms with van der Waals surface area (Å²) in [5.41, 5.74) is 6.88. The molecule has 0 radical (unpaired) electrons. The number of benzene rings is 2. The zero-order valence-corrected chi connectivity index (χ0v) is 21.3. The van der Waals surface area contributed by atoms with Crippen LogP contribution in [0.4, 0.5) is 0 Å². The van der Waals surface area contributed by atoms with E-state index in [2.05, 4.69) is 54.3 Å². The van der Waals surface area contributed by atoms with Crippen LogP contribution in [0, 0.1) is 37.0 Å². The van der Waals surface area contributed by atoms with Crippen molar-refractivity contribution in [2.75, 3.05) is 0 Å². The third-order valence-corrected chi connectivity index (χ3v) is 8.03. The number of nitrogens with zero attached hydrogens (tertiary/aromatic N) is 5. The molecule has 2 aliphatic carbocycles. The van der Waals surface area contributed by atoms with E-state index in [-0.39, 0.29) is 23.2 Å². The van der Waals surface area contributed by atoms with Crippen LogP contribution in [-0.4, -0.2) is 25.7 Å². The van der Waals surface area contributed by atoms with Crippen LogP contribution in [0.1, 0.15) is 42.9 Å². The van der Waals surface area contributed by atoms with E-state index in [0.29, 0.717) is 11.7 Å². The molecule has 0 bridgehead atoms. The Labute approximate surface area is 215 Å². The van der Waals surface area contributed by atoms with Gasteiger partial charge in [0, 0.05) is 28.0 Å². The van der Waals surface area contributed by atoms with Crippen molar-refractivity contribution < 1.29 is 9.32 Å². The number of hydrogen-bond acceptors (Lipinski definition) is 6. The van der Waals surface area contributed by atoms with Crippen LogP contribution in [0.15, 0.2) is 64.7 Å². The molecule has 0 saturated carbocycles. The second-order valence-corrected chi connectivity index (χ2v) is 10.4. The fourth-order valence-corrected chi connectivity index (χ4v) is 6.14. The van der Waals surface area contributed by atoms with E-state index >= 15 is 0 Å². The molecule has 2 aliphatic rings. The highest BCUT2D eigenvalue weighted by Crippen LogP contribution is 2.52. The maximum absolute atomic E-state index is 12.9. The van der Waals surface area contributed by atoms with Gasteiger partial charge in [0.2, 0.25) is 0 Å². The van der Waals surface area contributed by atoms with Gasteiger partial charge in [-0.15, -0.1) is 0 Å². The number of Topliss-reactive ketones (excluding diaryl/α,β-unsaturated/α-hetero) is 1. The third-order valence-electron chi connectivity index (χ3n) is 8.03. The number of carbonyl (C=O) groups is 1. The SMILES string of the molecule is Cc1ccc(-c2nn(-c3ccc(-c4nc(C)no4)cc3)c3c2CC[C@@H]2[C@@H](C)C(=O)C(C#N)=C[C@@]32C)cc1. The highest BCUT2D eigenvalue weighted by molar-refractivity contribution is 6.02. The number of rotatable bonds is 3. The number of allylic oxidation sites excluding steroid dienone is 2. The standard InChI is InChI=1S/C30H27N5O2/c1-17-5-7-20(8-6-17)26-24-13-14-25-18(2)27(36)22(16-31)15-30(25,4)28(24)35(33-26)23-11-9-21(10-12-23)29-32-19(3)34-37-29/h5-12,15,18,25H,13-14H2,1-4H3/t18-,25-,30-/m1/s1. The van der Waals surface area contributed by atoms with Crippen molar-refractivity contribution in [3.8, 4) is 34.5 Å². The minimum atomic E-state index is -0.510. The average Bonchev–Trinajstić information content (AvgIpc) is 3.51. The van der Waals surface area contributed by atoms with Crippen LogP contribution < -0.4 is 0 Å². The third kappa shape index (κ3) is 3.55. The van der Waals surface area contributed by atoms with Gasteiger partial charge in [-0.05, 0) is 56.9 Å². The number of ketones is 1. The van der Waals surface area contributed by atoms with E-state index in [1.807, 2.05) is 41.9 Å². The molecule has 0 N–H and O–H groups in total. The first-order chi connectivity index (χ1) is 17.8. The van der Waals surface area contributed by atoms with Gasteiger partial charge in [0.15, 0.2) is 11.6 Å². The molecule has 37 heavy (non-hydrogen) atoms. The molecule has 0 aliphatic heterocycles. The quantitative estimate of drug-likeness (QED) is 0.366. The Kier molecular flexibility index (Phi) is 5.23. The molecule has 2 aromatic heterocycles. The zero-order valence-electron chi connectivity index (χ0n) is 21.3. The average molecular weight is 490 g/mol. The number of fused-ring (bicyclic) bond motifs is 3. The topological polar surface area (TPSA) is 97.6 Å². The van der Waals surface area contributed by atoms with E-state index in [1.165, 1.54) is 11.1 Å². The van der Waals surface area contributed by atoms with Crippen LogP contribution in [0.5, 0.6) is 0 Å². The van der Waals surface area contributed by atoms with Crippen molar-refractivity contribution in [2.45, 2.75) is 46.0 Å². The summed E-state index contributed by atoms with van der Waals surface area (Å²) in [6.07, 6.45) is 3.59. The molecule has 2 heterocycles. The van der Waals surface area contributed by atoms with Crippen molar-refractivity contribution in [1.82, 2.24) is 19.9 Å². The number of hydrogen-bond donors (Lipinski definition) is 0. The Hall–Kier alpha value is -4.31. The highest BCUT2D eigenvalue weighted by atomic mass is 16.5. The Morgan fingerprint density at radius 1 is 1.08 bits per heavy atom. The molecular formula is C30H27N5O2. The number of nitriles is 1. The van der Waals surface area contributed by atoms with Crippen LogP contribution in [-0.2, 0) is 16.6 Å². The maximum Gasteiger partial charge on any atom is 0.257 e. The molecular weight excluding hydrogens is 462 g/mol. The lowest BCUT2D eigenvalue weighted by molar-refractivity contribution is -0.121. The summed E-state index contributed by atoms with van der Waals surface area (Å²) in [5, 5.41) is 18.8. The summed E-state index contributed by atoms with van der Waals surface area (Å²) in [5.74, 6) is 0.860. The normalized spacial score (nSPS) is 22.7. The Balaban J connectivity index is 1.57. The lowest BCUT2D eigenvalue weighted by Crippen LogP contribution is -2.46. The molecule has 0 unspecified atom stereocenters. The van der Waals surface area contributed by atoms with Crippen molar-refractivity contribution in [1.29, 1.82) is 5.26 Å². The summed E-state index contributed by atoms with van der Waals surface area (Å²) >= 11 is 0. The van der Waals surface area contributed by atoms with Gasteiger partial charge in [-0.3, -0.25) is 4.79 Å². The lowest BCUT2D eigenvalue weighted by atomic mass is 9.57. The number of aryl methyl sites for hydroxylation is 2. The van der Waals surface area contributed by atoms with Gasteiger partial charge < -0.3 is 4.52 Å². The monoisotopic (exact) mass is 489 g/mol. The second-order valence-electron chi connectivity index (χ2n) is 10.4. The molecule has 4 aromatic rings. The Morgan fingerprint density at radius 3 is 2.43 bits per heavy atom. The van der Waals surface area contributed by atoms with Gasteiger partial charge in [-0.2, -0.15) is 15.3 Å². The molecule has 184 valence electrons. The predicted molar refractivity (Wildman–Crippen MR) is 139 cm³/mol. The summed E-state index contributed by atoms with van der Waals surface area (Å²) < 4.78 is 7.34. The number of aromatic nitrogens is 4. The molecule has 0 spiro atoms. The van der Waals surface area contributed by atoms with Crippen LogP contribution >= 0.6 is 0 Å². The van der Waals surface area contributed by atoms with E-state index < -0.39 is 5.41 Å². The highest BCUT2D eigenvalue weighted by Gasteiger charge is 2.50. The van der Waals surface area contributed by atoms with Crippen LogP contribution in [0.2, 0.25) is 0 Å². The first-order valence-corrected chi connectivity index (χ1v) is 12.6. The first kappa shape index (κ1) is 23.1. The van der Waals surface area contributed by atoms with E-state index in [0.717, 1.165) is 41.0 Å². The summed E-state index contributed by atoms with van der Waals surface area (Å²) in [4.78, 5) is 17.3. The van der Waals surface area contributed by atoms with E-state index in [4.69, 9.17) is 9.62 Å². The predicted octanol–water partition coefficient (Wildman–Crippen LogP) is 5.70. The van der Waals surface area contributed by atoms with Gasteiger partial charge in [-0.25, -0.2) is 4.68 Å². The van der Waals surface area contributed by atoms with Crippen molar-refractivity contribution in [3.63, 3.8) is 0 Å². The van der Waals surface area contributed by atoms with Crippen LogP contribution in [0.3, 0.4) is 0 Å². The molecule has 0 saturated heterocycles. The van der Waals surface area contributed by atoms with Crippen molar-refractivity contribution in [2.24, 2.45) is 11.8 Å². The van der Waals surface area contributed by atoms with E-state index in [1.54, 1.807) is 6.92 Å². The molecule has 6 rings (SSSR count). The second kappa shape index (κ2) is 8.38. The molecule has 0 amide bonds. The zero-order chi connectivity index (χ0) is 25.9. The molecule has 0 fully saturated rings. The van der Waals surface area contributed by atoms with Gasteiger partial charge >= 0.3 is 0 Å². The molecule has 7 heteroatoms. The smallest absolute Gasteiger partial charge is 0.257 e. The molecule has 2 aromatic carbocycles. The lowest BCUT2D eigenvalue weighted by Gasteiger charge is -2.45. The van der Waals surface area contributed by atoms with Crippen molar-refractivity contribution in [3.05, 3.63) is 82.8 Å². The Morgan fingerprint density at radius 2 is 1.78 bits per heavy atom. The number of carbonyl (C=O) groups excluding carboxylic acids is 1. The summed E-state index contributed by atoms with van der Waals surface area (Å²) in [6, 6.07) is 18.5.